The van der Waals surface area contributed by atoms with Crippen LogP contribution < -0.4 is 10.6 Å². The van der Waals surface area contributed by atoms with Crippen molar-refractivity contribution in [3.63, 3.8) is 0 Å². The van der Waals surface area contributed by atoms with E-state index in [2.05, 4.69) is 10.6 Å². The van der Waals surface area contributed by atoms with Crippen molar-refractivity contribution in [2.75, 3.05) is 13.7 Å². The van der Waals surface area contributed by atoms with Gasteiger partial charge in [-0.15, -0.1) is 0 Å². The van der Waals surface area contributed by atoms with Crippen LogP contribution in [-0.2, 0) is 9.53 Å². The first-order chi connectivity index (χ1) is 8.79. The molecule has 2 saturated carbocycles. The Labute approximate surface area is 110 Å². The summed E-state index contributed by atoms with van der Waals surface area (Å²) in [4.78, 5) is 11.8. The van der Waals surface area contributed by atoms with Crippen LogP contribution in [0.5, 0.6) is 0 Å². The fraction of sp³-hybridized carbons (Fsp3) is 0.929. The van der Waals surface area contributed by atoms with Crippen molar-refractivity contribution >= 4 is 5.91 Å². The van der Waals surface area contributed by atoms with Gasteiger partial charge in [0.25, 0.3) is 0 Å². The lowest BCUT2D eigenvalue weighted by Crippen LogP contribution is -2.44. The molecule has 0 aromatic carbocycles. The summed E-state index contributed by atoms with van der Waals surface area (Å²) in [6.07, 6.45) is 9.67. The molecule has 2 aliphatic rings. The Hall–Kier alpha value is -0.610. The Kier molecular flexibility index (Phi) is 5.45. The van der Waals surface area contributed by atoms with E-state index in [1.54, 1.807) is 0 Å². The molecule has 4 nitrogen and oxygen atoms in total. The lowest BCUT2D eigenvalue weighted by molar-refractivity contribution is -0.129. The minimum absolute atomic E-state index is 0.0577. The highest BCUT2D eigenvalue weighted by atomic mass is 16.5. The minimum Gasteiger partial charge on any atom is -0.367 e. The minimum atomic E-state index is 0.0577. The molecule has 1 amide bonds. The van der Waals surface area contributed by atoms with Crippen LogP contribution in [0.15, 0.2) is 0 Å². The average Bonchev–Trinajstić information content (AvgIpc) is 2.89. The van der Waals surface area contributed by atoms with Gasteiger partial charge in [-0.1, -0.05) is 25.7 Å². The van der Waals surface area contributed by atoms with Gasteiger partial charge >= 0.3 is 0 Å². The van der Waals surface area contributed by atoms with Crippen LogP contribution in [0.25, 0.3) is 0 Å². The zero-order valence-electron chi connectivity index (χ0n) is 11.4. The van der Waals surface area contributed by atoms with Gasteiger partial charge in [-0.25, -0.2) is 0 Å². The summed E-state index contributed by atoms with van der Waals surface area (Å²) in [7, 11) is 1.98. The Bertz CT molecular complexity index is 265. The highest BCUT2D eigenvalue weighted by Crippen LogP contribution is 2.21. The molecule has 2 fully saturated rings. The molecule has 2 unspecified atom stereocenters. The van der Waals surface area contributed by atoms with Gasteiger partial charge in [-0.05, 0) is 32.7 Å². The van der Waals surface area contributed by atoms with Gasteiger partial charge in [0.15, 0.2) is 0 Å². The van der Waals surface area contributed by atoms with E-state index in [1.165, 1.54) is 25.7 Å². The molecule has 2 rings (SSSR count). The number of rotatable bonds is 5. The van der Waals surface area contributed by atoms with Crippen molar-refractivity contribution in [2.45, 2.75) is 69.6 Å². The molecule has 0 aliphatic heterocycles. The maximum absolute atomic E-state index is 11.8. The van der Waals surface area contributed by atoms with E-state index < -0.39 is 0 Å². The molecule has 0 radical (unpaired) electrons. The molecule has 0 aromatic rings. The molecule has 0 saturated heterocycles. The van der Waals surface area contributed by atoms with Crippen molar-refractivity contribution in [2.24, 2.45) is 0 Å². The van der Waals surface area contributed by atoms with Crippen molar-refractivity contribution in [1.82, 2.24) is 10.6 Å². The third-order valence-electron chi connectivity index (χ3n) is 4.22. The molecule has 2 aliphatic carbocycles. The first-order valence-electron chi connectivity index (χ1n) is 7.38. The number of ether oxygens (including phenoxy) is 1. The zero-order valence-corrected chi connectivity index (χ0v) is 11.4. The number of amides is 1. The van der Waals surface area contributed by atoms with Gasteiger partial charge < -0.3 is 15.4 Å². The van der Waals surface area contributed by atoms with Gasteiger partial charge in [-0.2, -0.15) is 0 Å². The molecular weight excluding hydrogens is 228 g/mol. The van der Waals surface area contributed by atoms with Crippen LogP contribution >= 0.6 is 0 Å². The Balaban J connectivity index is 1.67. The third-order valence-corrected chi connectivity index (χ3v) is 4.22. The van der Waals surface area contributed by atoms with Crippen molar-refractivity contribution in [1.29, 1.82) is 0 Å². The summed E-state index contributed by atoms with van der Waals surface area (Å²) >= 11 is 0. The normalized spacial score (nSPS) is 29.4. The molecule has 2 atom stereocenters. The average molecular weight is 254 g/mol. The molecule has 104 valence electrons. The molecule has 4 heteroatoms. The Morgan fingerprint density at radius 3 is 2.50 bits per heavy atom. The Morgan fingerprint density at radius 2 is 1.78 bits per heavy atom. The molecule has 0 spiro atoms. The number of likely N-dealkylation sites (N-methyl/N-ethyl adjacent to an activating group) is 1. The van der Waals surface area contributed by atoms with E-state index in [0.717, 1.165) is 25.7 Å². The van der Waals surface area contributed by atoms with Crippen LogP contribution in [-0.4, -0.2) is 37.7 Å². The van der Waals surface area contributed by atoms with Crippen molar-refractivity contribution in [3.8, 4) is 0 Å². The summed E-state index contributed by atoms with van der Waals surface area (Å²) in [5, 5.41) is 6.36. The van der Waals surface area contributed by atoms with Crippen LogP contribution in [0, 0.1) is 0 Å². The molecule has 0 aromatic heterocycles. The highest BCUT2D eigenvalue weighted by Gasteiger charge is 2.25. The summed E-state index contributed by atoms with van der Waals surface area (Å²) in [6.45, 7) is 0.222. The van der Waals surface area contributed by atoms with Crippen molar-refractivity contribution in [3.05, 3.63) is 0 Å². The number of hydrogen-bond donors (Lipinski definition) is 2. The van der Waals surface area contributed by atoms with E-state index in [9.17, 15) is 4.79 Å². The van der Waals surface area contributed by atoms with Crippen molar-refractivity contribution < 1.29 is 9.53 Å². The summed E-state index contributed by atoms with van der Waals surface area (Å²) in [5.41, 5.74) is 0. The van der Waals surface area contributed by atoms with E-state index in [-0.39, 0.29) is 18.6 Å². The van der Waals surface area contributed by atoms with Gasteiger partial charge in [0, 0.05) is 12.1 Å². The largest absolute Gasteiger partial charge is 0.367 e. The quantitative estimate of drug-likeness (QED) is 0.783. The standard InChI is InChI=1S/C14H26N2O2/c1-15-12-8-4-5-9-13(12)18-10-14(17)16-11-6-2-3-7-11/h11-13,15H,2-10H2,1H3,(H,16,17). The summed E-state index contributed by atoms with van der Waals surface area (Å²) in [6, 6.07) is 0.811. The molecule has 2 N–H and O–H groups in total. The Morgan fingerprint density at radius 1 is 1.11 bits per heavy atom. The topological polar surface area (TPSA) is 50.4 Å². The first-order valence-corrected chi connectivity index (χ1v) is 7.38. The second-order valence-electron chi connectivity index (χ2n) is 5.58. The summed E-state index contributed by atoms with van der Waals surface area (Å²) < 4.78 is 5.78. The van der Waals surface area contributed by atoms with Gasteiger partial charge in [0.1, 0.15) is 6.61 Å². The van der Waals surface area contributed by atoms with Gasteiger partial charge in [-0.3, -0.25) is 4.79 Å². The first kappa shape index (κ1) is 13.8. The molecule has 0 bridgehead atoms. The SMILES string of the molecule is CNC1CCCCC1OCC(=O)NC1CCCC1. The van der Waals surface area contributed by atoms with E-state index in [1.807, 2.05) is 7.05 Å². The molecule has 0 heterocycles. The lowest BCUT2D eigenvalue weighted by Gasteiger charge is -2.31. The van der Waals surface area contributed by atoms with Crippen LogP contribution in [0.3, 0.4) is 0 Å². The molecule has 18 heavy (non-hydrogen) atoms. The maximum Gasteiger partial charge on any atom is 0.246 e. The smallest absolute Gasteiger partial charge is 0.246 e. The van der Waals surface area contributed by atoms with Crippen LogP contribution in [0.2, 0.25) is 0 Å². The van der Waals surface area contributed by atoms with E-state index >= 15 is 0 Å². The number of hydrogen-bond acceptors (Lipinski definition) is 3. The van der Waals surface area contributed by atoms with Gasteiger partial charge in [0.05, 0.1) is 6.10 Å². The predicted molar refractivity (Wildman–Crippen MR) is 71.5 cm³/mol. The zero-order chi connectivity index (χ0) is 12.8. The lowest BCUT2D eigenvalue weighted by atomic mass is 9.92. The maximum atomic E-state index is 11.8. The second kappa shape index (κ2) is 7.10. The molecular formula is C14H26N2O2. The third kappa shape index (κ3) is 3.95. The number of nitrogens with one attached hydrogen (secondary N) is 2. The van der Waals surface area contributed by atoms with Crippen LogP contribution in [0.4, 0.5) is 0 Å². The number of carbonyl (C=O) groups excluding carboxylic acids is 1. The fourth-order valence-corrected chi connectivity index (χ4v) is 3.15. The van der Waals surface area contributed by atoms with Crippen LogP contribution in [0.1, 0.15) is 51.4 Å². The fourth-order valence-electron chi connectivity index (χ4n) is 3.15. The number of carbonyl (C=O) groups is 1. The summed E-state index contributed by atoms with van der Waals surface area (Å²) in [5.74, 6) is 0.0577. The predicted octanol–water partition coefficient (Wildman–Crippen LogP) is 1.59. The van der Waals surface area contributed by atoms with E-state index in [4.69, 9.17) is 4.74 Å². The van der Waals surface area contributed by atoms with E-state index in [0.29, 0.717) is 12.1 Å². The highest BCUT2D eigenvalue weighted by molar-refractivity contribution is 5.77. The monoisotopic (exact) mass is 254 g/mol. The van der Waals surface area contributed by atoms with Gasteiger partial charge in [0.2, 0.25) is 5.91 Å². The second-order valence-corrected chi connectivity index (χ2v) is 5.58.